The number of benzene rings is 1. The Balaban J connectivity index is 2.35. The molecule has 0 spiro atoms. The lowest BCUT2D eigenvalue weighted by molar-refractivity contribution is 0.103. The summed E-state index contributed by atoms with van der Waals surface area (Å²) < 4.78 is 6.09. The van der Waals surface area contributed by atoms with E-state index in [1.807, 2.05) is 6.92 Å². The molecule has 0 aliphatic heterocycles. The number of nitrogens with zero attached hydrogens (tertiary/aromatic N) is 1. The quantitative estimate of drug-likeness (QED) is 0.786. The van der Waals surface area contributed by atoms with Crippen LogP contribution in [0.4, 0.5) is 0 Å². The Morgan fingerprint density at radius 1 is 1.26 bits per heavy atom. The van der Waals surface area contributed by atoms with Gasteiger partial charge in [0.05, 0.1) is 12.8 Å². The highest BCUT2D eigenvalue weighted by Crippen LogP contribution is 2.22. The fourth-order valence-electron chi connectivity index (χ4n) is 1.64. The van der Waals surface area contributed by atoms with Crippen molar-refractivity contribution < 1.29 is 9.53 Å². The third-order valence-corrected chi connectivity index (χ3v) is 3.09. The second-order valence-corrected chi connectivity index (χ2v) is 5.18. The minimum Gasteiger partial charge on any atom is -0.492 e. The number of ether oxygens (including phenoxy) is 1. The van der Waals surface area contributed by atoms with Crippen LogP contribution >= 0.6 is 27.5 Å². The van der Waals surface area contributed by atoms with Crippen LogP contribution in [0.3, 0.4) is 0 Å². The zero-order valence-electron chi connectivity index (χ0n) is 10.2. The SMILES string of the molecule is CCOc1cncc(C(=O)c2cc(Cl)cc(Br)c2)c1. The number of halogens is 2. The van der Waals surface area contributed by atoms with E-state index in [2.05, 4.69) is 20.9 Å². The molecule has 0 fully saturated rings. The van der Waals surface area contributed by atoms with Gasteiger partial charge in [-0.3, -0.25) is 9.78 Å². The molecule has 0 aliphatic carbocycles. The maximum Gasteiger partial charge on any atom is 0.194 e. The van der Waals surface area contributed by atoms with Gasteiger partial charge in [0.25, 0.3) is 0 Å². The Hall–Kier alpha value is -1.39. The van der Waals surface area contributed by atoms with E-state index in [1.165, 1.54) is 6.20 Å². The van der Waals surface area contributed by atoms with Crippen molar-refractivity contribution in [2.45, 2.75) is 6.92 Å². The van der Waals surface area contributed by atoms with Crippen molar-refractivity contribution in [1.29, 1.82) is 0 Å². The van der Waals surface area contributed by atoms with Crippen LogP contribution in [0.5, 0.6) is 5.75 Å². The molecule has 3 nitrogen and oxygen atoms in total. The molecule has 0 aliphatic rings. The molecule has 5 heteroatoms. The molecule has 2 aromatic rings. The summed E-state index contributed by atoms with van der Waals surface area (Å²) >= 11 is 9.26. The van der Waals surface area contributed by atoms with Crippen LogP contribution in [0.25, 0.3) is 0 Å². The molecule has 1 aromatic carbocycles. The van der Waals surface area contributed by atoms with Crippen molar-refractivity contribution in [2.24, 2.45) is 0 Å². The minimum absolute atomic E-state index is 0.141. The Labute approximate surface area is 124 Å². The van der Waals surface area contributed by atoms with Crippen molar-refractivity contribution in [3.8, 4) is 5.75 Å². The number of ketones is 1. The van der Waals surface area contributed by atoms with Gasteiger partial charge < -0.3 is 4.74 Å². The van der Waals surface area contributed by atoms with Crippen molar-refractivity contribution in [1.82, 2.24) is 4.98 Å². The first kappa shape index (κ1) is 14.0. The number of hydrogen-bond acceptors (Lipinski definition) is 3. The topological polar surface area (TPSA) is 39.2 Å². The number of carbonyl (C=O) groups is 1. The highest BCUT2D eigenvalue weighted by Gasteiger charge is 2.12. The summed E-state index contributed by atoms with van der Waals surface area (Å²) in [5.41, 5.74) is 0.981. The van der Waals surface area contributed by atoms with Gasteiger partial charge >= 0.3 is 0 Å². The van der Waals surface area contributed by atoms with E-state index in [0.29, 0.717) is 28.5 Å². The van der Waals surface area contributed by atoms with Crippen LogP contribution in [0.15, 0.2) is 41.1 Å². The Morgan fingerprint density at radius 2 is 2.05 bits per heavy atom. The normalized spacial score (nSPS) is 10.3. The monoisotopic (exact) mass is 339 g/mol. The van der Waals surface area contributed by atoms with Crippen LogP contribution in [0.2, 0.25) is 5.02 Å². The van der Waals surface area contributed by atoms with Crippen LogP contribution in [0, 0.1) is 0 Å². The van der Waals surface area contributed by atoms with E-state index in [-0.39, 0.29) is 5.78 Å². The average molecular weight is 341 g/mol. The molecular weight excluding hydrogens is 330 g/mol. The molecular formula is C14H11BrClNO2. The summed E-state index contributed by atoms with van der Waals surface area (Å²) in [4.78, 5) is 16.3. The third-order valence-electron chi connectivity index (χ3n) is 2.41. The fourth-order valence-corrected chi connectivity index (χ4v) is 2.50. The Kier molecular flexibility index (Phi) is 4.56. The molecule has 0 amide bonds. The highest BCUT2D eigenvalue weighted by molar-refractivity contribution is 9.10. The van der Waals surface area contributed by atoms with E-state index in [0.717, 1.165) is 4.47 Å². The van der Waals surface area contributed by atoms with Crippen molar-refractivity contribution in [3.63, 3.8) is 0 Å². The second-order valence-electron chi connectivity index (χ2n) is 3.83. The van der Waals surface area contributed by atoms with Gasteiger partial charge in [-0.2, -0.15) is 0 Å². The van der Waals surface area contributed by atoms with Gasteiger partial charge in [0.1, 0.15) is 5.75 Å². The van der Waals surface area contributed by atoms with Crippen LogP contribution < -0.4 is 4.74 Å². The van der Waals surface area contributed by atoms with E-state index in [4.69, 9.17) is 16.3 Å². The smallest absolute Gasteiger partial charge is 0.194 e. The first-order chi connectivity index (χ1) is 9.10. The number of carbonyl (C=O) groups excluding carboxylic acids is 1. The van der Waals surface area contributed by atoms with Gasteiger partial charge in [-0.15, -0.1) is 0 Å². The summed E-state index contributed by atoms with van der Waals surface area (Å²) in [7, 11) is 0. The average Bonchev–Trinajstić information content (AvgIpc) is 2.37. The molecule has 1 heterocycles. The summed E-state index contributed by atoms with van der Waals surface area (Å²) in [6.07, 6.45) is 3.09. The lowest BCUT2D eigenvalue weighted by atomic mass is 10.1. The van der Waals surface area contributed by atoms with Crippen LogP contribution in [-0.4, -0.2) is 17.4 Å². The second kappa shape index (κ2) is 6.17. The van der Waals surface area contributed by atoms with Crippen molar-refractivity contribution in [2.75, 3.05) is 6.61 Å². The number of rotatable bonds is 4. The summed E-state index contributed by atoms with van der Waals surface area (Å²) in [6.45, 7) is 2.41. The molecule has 19 heavy (non-hydrogen) atoms. The molecule has 0 atom stereocenters. The van der Waals surface area contributed by atoms with E-state index in [1.54, 1.807) is 30.5 Å². The molecule has 0 radical (unpaired) electrons. The van der Waals surface area contributed by atoms with E-state index >= 15 is 0 Å². The Morgan fingerprint density at radius 3 is 2.74 bits per heavy atom. The van der Waals surface area contributed by atoms with Gasteiger partial charge in [-0.25, -0.2) is 0 Å². The van der Waals surface area contributed by atoms with Crippen LogP contribution in [-0.2, 0) is 0 Å². The molecule has 98 valence electrons. The minimum atomic E-state index is -0.141. The maximum absolute atomic E-state index is 12.3. The summed E-state index contributed by atoms with van der Waals surface area (Å²) in [6, 6.07) is 6.75. The number of hydrogen-bond donors (Lipinski definition) is 0. The summed E-state index contributed by atoms with van der Waals surface area (Å²) in [5.74, 6) is 0.437. The molecule has 0 saturated carbocycles. The van der Waals surface area contributed by atoms with Gasteiger partial charge in [0, 0.05) is 26.8 Å². The summed E-state index contributed by atoms with van der Waals surface area (Å²) in [5, 5.41) is 0.506. The molecule has 0 saturated heterocycles. The molecule has 1 aromatic heterocycles. The highest BCUT2D eigenvalue weighted by atomic mass is 79.9. The zero-order chi connectivity index (χ0) is 13.8. The van der Waals surface area contributed by atoms with E-state index < -0.39 is 0 Å². The van der Waals surface area contributed by atoms with Crippen molar-refractivity contribution in [3.05, 3.63) is 57.3 Å². The van der Waals surface area contributed by atoms with Gasteiger partial charge in [0.15, 0.2) is 5.78 Å². The fraction of sp³-hybridized carbons (Fsp3) is 0.143. The van der Waals surface area contributed by atoms with Gasteiger partial charge in [-0.05, 0) is 31.2 Å². The maximum atomic E-state index is 12.3. The van der Waals surface area contributed by atoms with E-state index in [9.17, 15) is 4.79 Å². The van der Waals surface area contributed by atoms with Gasteiger partial charge in [-0.1, -0.05) is 27.5 Å². The largest absolute Gasteiger partial charge is 0.492 e. The zero-order valence-corrected chi connectivity index (χ0v) is 12.5. The van der Waals surface area contributed by atoms with Crippen molar-refractivity contribution >= 4 is 33.3 Å². The molecule has 0 N–H and O–H groups in total. The predicted octanol–water partition coefficient (Wildman–Crippen LogP) is 4.13. The first-order valence-electron chi connectivity index (χ1n) is 5.69. The Bertz CT molecular complexity index is 596. The molecule has 0 unspecified atom stereocenters. The van der Waals surface area contributed by atoms with Gasteiger partial charge in [0.2, 0.25) is 0 Å². The lowest BCUT2D eigenvalue weighted by Crippen LogP contribution is -2.03. The number of aromatic nitrogens is 1. The standard InChI is InChI=1S/C14H11BrClNO2/c1-2-19-13-5-10(7-17-8-13)14(18)9-3-11(15)6-12(16)4-9/h3-8H,2H2,1H3. The third kappa shape index (κ3) is 3.55. The van der Waals surface area contributed by atoms with Crippen LogP contribution in [0.1, 0.15) is 22.8 Å². The lowest BCUT2D eigenvalue weighted by Gasteiger charge is -2.06. The number of pyridine rings is 1. The molecule has 0 bridgehead atoms. The molecule has 2 rings (SSSR count). The predicted molar refractivity (Wildman–Crippen MR) is 78.0 cm³/mol. The first-order valence-corrected chi connectivity index (χ1v) is 6.86.